The summed E-state index contributed by atoms with van der Waals surface area (Å²) in [7, 11) is 0. The Bertz CT molecular complexity index is 162. The molecule has 0 amide bonds. The van der Waals surface area contributed by atoms with Gasteiger partial charge in [-0.1, -0.05) is 25.5 Å². The molecule has 2 unspecified atom stereocenters. The van der Waals surface area contributed by atoms with Crippen molar-refractivity contribution in [2.75, 3.05) is 13.2 Å². The number of hydrogen-bond donors (Lipinski definition) is 0. The maximum absolute atomic E-state index is 5.42. The van der Waals surface area contributed by atoms with Crippen molar-refractivity contribution in [3.63, 3.8) is 0 Å². The summed E-state index contributed by atoms with van der Waals surface area (Å²) in [4.78, 5) is 0. The van der Waals surface area contributed by atoms with Crippen LogP contribution < -0.4 is 0 Å². The van der Waals surface area contributed by atoms with E-state index in [1.54, 1.807) is 0 Å². The van der Waals surface area contributed by atoms with Crippen LogP contribution in [0.4, 0.5) is 0 Å². The standard InChI is InChI=1S/C9H14O/c1-2-4-9-5-3-8(9)6-10-7-9/h3,5,8H,2,4,6-7H2,1H3. The molecule has 1 fully saturated rings. The Hall–Kier alpha value is -0.300. The summed E-state index contributed by atoms with van der Waals surface area (Å²) in [5.74, 6) is 0.757. The van der Waals surface area contributed by atoms with Crippen LogP contribution in [-0.2, 0) is 4.74 Å². The van der Waals surface area contributed by atoms with Gasteiger partial charge in [0.2, 0.25) is 0 Å². The molecule has 0 aromatic carbocycles. The van der Waals surface area contributed by atoms with Crippen LogP contribution in [0.25, 0.3) is 0 Å². The van der Waals surface area contributed by atoms with Crippen LogP contribution in [0.1, 0.15) is 19.8 Å². The van der Waals surface area contributed by atoms with Gasteiger partial charge in [0.25, 0.3) is 0 Å². The van der Waals surface area contributed by atoms with Gasteiger partial charge in [0, 0.05) is 11.3 Å². The maximum Gasteiger partial charge on any atom is 0.0563 e. The molecule has 1 nitrogen and oxygen atoms in total. The molecule has 0 N–H and O–H groups in total. The Morgan fingerprint density at radius 2 is 2.60 bits per heavy atom. The average Bonchev–Trinajstić information content (AvgIpc) is 2.15. The molecule has 56 valence electrons. The summed E-state index contributed by atoms with van der Waals surface area (Å²) in [5, 5.41) is 0. The van der Waals surface area contributed by atoms with Crippen molar-refractivity contribution in [1.82, 2.24) is 0 Å². The SMILES string of the molecule is CCCC12C=CC1COC2. The van der Waals surface area contributed by atoms with E-state index in [4.69, 9.17) is 4.74 Å². The van der Waals surface area contributed by atoms with Gasteiger partial charge < -0.3 is 4.74 Å². The molecule has 1 heteroatoms. The van der Waals surface area contributed by atoms with Crippen molar-refractivity contribution in [2.45, 2.75) is 19.8 Å². The third-order valence-electron chi connectivity index (χ3n) is 2.78. The first kappa shape index (κ1) is 6.41. The first-order chi connectivity index (χ1) is 4.87. The van der Waals surface area contributed by atoms with Crippen LogP contribution in [0.15, 0.2) is 12.2 Å². The van der Waals surface area contributed by atoms with E-state index in [-0.39, 0.29) is 0 Å². The lowest BCUT2D eigenvalue weighted by Crippen LogP contribution is -2.32. The van der Waals surface area contributed by atoms with Crippen LogP contribution in [0.2, 0.25) is 0 Å². The van der Waals surface area contributed by atoms with Gasteiger partial charge in [-0.3, -0.25) is 0 Å². The molecule has 1 aliphatic heterocycles. The van der Waals surface area contributed by atoms with E-state index in [1.807, 2.05) is 0 Å². The maximum atomic E-state index is 5.42. The van der Waals surface area contributed by atoms with Crippen molar-refractivity contribution < 1.29 is 4.74 Å². The lowest BCUT2D eigenvalue weighted by Gasteiger charge is -2.35. The van der Waals surface area contributed by atoms with Crippen LogP contribution in [0, 0.1) is 11.3 Å². The Labute approximate surface area is 62.1 Å². The number of hydrogen-bond acceptors (Lipinski definition) is 1. The summed E-state index contributed by atoms with van der Waals surface area (Å²) in [6, 6.07) is 0. The highest BCUT2D eigenvalue weighted by Gasteiger charge is 2.44. The quantitative estimate of drug-likeness (QED) is 0.530. The lowest BCUT2D eigenvalue weighted by atomic mass is 9.67. The highest BCUT2D eigenvalue weighted by molar-refractivity contribution is 5.20. The molecule has 2 rings (SSSR count). The van der Waals surface area contributed by atoms with Gasteiger partial charge in [0.05, 0.1) is 13.2 Å². The first-order valence-electron chi connectivity index (χ1n) is 4.14. The second kappa shape index (κ2) is 2.09. The second-order valence-corrected chi connectivity index (χ2v) is 3.46. The molecule has 2 aliphatic rings. The minimum Gasteiger partial charge on any atom is -0.380 e. The van der Waals surface area contributed by atoms with Gasteiger partial charge in [0.15, 0.2) is 0 Å². The lowest BCUT2D eigenvalue weighted by molar-refractivity contribution is 0.165. The molecule has 2 atom stereocenters. The fourth-order valence-electron chi connectivity index (χ4n) is 2.06. The van der Waals surface area contributed by atoms with Crippen molar-refractivity contribution in [2.24, 2.45) is 11.3 Å². The molecule has 0 saturated carbocycles. The van der Waals surface area contributed by atoms with Gasteiger partial charge in [-0.25, -0.2) is 0 Å². The van der Waals surface area contributed by atoms with Gasteiger partial charge in [-0.2, -0.15) is 0 Å². The zero-order valence-electron chi connectivity index (χ0n) is 6.47. The van der Waals surface area contributed by atoms with Crippen molar-refractivity contribution in [3.8, 4) is 0 Å². The second-order valence-electron chi connectivity index (χ2n) is 3.46. The van der Waals surface area contributed by atoms with Crippen molar-refractivity contribution in [3.05, 3.63) is 12.2 Å². The van der Waals surface area contributed by atoms with E-state index in [0.717, 1.165) is 19.1 Å². The van der Waals surface area contributed by atoms with Crippen LogP contribution in [-0.4, -0.2) is 13.2 Å². The number of fused-ring (bicyclic) bond motifs is 1. The summed E-state index contributed by atoms with van der Waals surface area (Å²) in [6.45, 7) is 4.19. The molecule has 0 radical (unpaired) electrons. The first-order valence-corrected chi connectivity index (χ1v) is 4.14. The molecule has 0 aromatic rings. The Morgan fingerprint density at radius 3 is 3.10 bits per heavy atom. The van der Waals surface area contributed by atoms with Gasteiger partial charge in [0.1, 0.15) is 0 Å². The fourth-order valence-corrected chi connectivity index (χ4v) is 2.06. The molecule has 0 bridgehead atoms. The van der Waals surface area contributed by atoms with E-state index in [2.05, 4.69) is 19.1 Å². The van der Waals surface area contributed by atoms with E-state index >= 15 is 0 Å². The number of ether oxygens (including phenoxy) is 1. The average molecular weight is 138 g/mol. The summed E-state index contributed by atoms with van der Waals surface area (Å²) in [5.41, 5.74) is 0.481. The topological polar surface area (TPSA) is 9.23 Å². The molecule has 1 aliphatic carbocycles. The largest absolute Gasteiger partial charge is 0.380 e. The zero-order valence-corrected chi connectivity index (χ0v) is 6.47. The molecular formula is C9H14O. The van der Waals surface area contributed by atoms with Gasteiger partial charge in [-0.15, -0.1) is 0 Å². The third kappa shape index (κ3) is 0.671. The minimum absolute atomic E-state index is 0.481. The Balaban J connectivity index is 2.08. The predicted molar refractivity (Wildman–Crippen MR) is 40.8 cm³/mol. The van der Waals surface area contributed by atoms with Crippen LogP contribution in [0.3, 0.4) is 0 Å². The molecule has 1 saturated heterocycles. The fraction of sp³-hybridized carbons (Fsp3) is 0.778. The van der Waals surface area contributed by atoms with E-state index in [1.165, 1.54) is 12.8 Å². The minimum atomic E-state index is 0.481. The van der Waals surface area contributed by atoms with Crippen LogP contribution >= 0.6 is 0 Å². The summed E-state index contributed by atoms with van der Waals surface area (Å²) >= 11 is 0. The van der Waals surface area contributed by atoms with E-state index in [0.29, 0.717) is 5.41 Å². The Morgan fingerprint density at radius 1 is 1.70 bits per heavy atom. The van der Waals surface area contributed by atoms with Crippen LogP contribution in [0.5, 0.6) is 0 Å². The smallest absolute Gasteiger partial charge is 0.0563 e. The van der Waals surface area contributed by atoms with Crippen molar-refractivity contribution in [1.29, 1.82) is 0 Å². The predicted octanol–water partition coefficient (Wildman–Crippen LogP) is 1.99. The zero-order chi connectivity index (χ0) is 7.03. The normalized spacial score (nSPS) is 43.1. The molecule has 0 spiro atoms. The van der Waals surface area contributed by atoms with E-state index < -0.39 is 0 Å². The molecule has 10 heavy (non-hydrogen) atoms. The summed E-state index contributed by atoms with van der Waals surface area (Å²) in [6.07, 6.45) is 7.23. The molecule has 0 aromatic heterocycles. The third-order valence-corrected chi connectivity index (χ3v) is 2.78. The number of rotatable bonds is 2. The highest BCUT2D eigenvalue weighted by Crippen LogP contribution is 2.47. The highest BCUT2D eigenvalue weighted by atomic mass is 16.5. The molecular weight excluding hydrogens is 124 g/mol. The Kier molecular flexibility index (Phi) is 1.34. The van der Waals surface area contributed by atoms with E-state index in [9.17, 15) is 0 Å². The summed E-state index contributed by atoms with van der Waals surface area (Å²) < 4.78 is 5.42. The van der Waals surface area contributed by atoms with Gasteiger partial charge in [-0.05, 0) is 6.42 Å². The van der Waals surface area contributed by atoms with Crippen molar-refractivity contribution >= 4 is 0 Å². The van der Waals surface area contributed by atoms with Gasteiger partial charge >= 0.3 is 0 Å². The molecule has 1 heterocycles. The monoisotopic (exact) mass is 138 g/mol.